The van der Waals surface area contributed by atoms with Gasteiger partial charge < -0.3 is 10.6 Å². The molecule has 2 saturated carbocycles. The molecule has 3 nitrogen and oxygen atoms in total. The van der Waals surface area contributed by atoms with E-state index in [0.717, 1.165) is 31.7 Å². The molecule has 1 saturated heterocycles. The molecule has 2 N–H and O–H groups in total. The Bertz CT molecular complexity index is 312. The van der Waals surface area contributed by atoms with Crippen LogP contribution in [0.1, 0.15) is 57.8 Å². The Morgan fingerprint density at radius 2 is 1.78 bits per heavy atom. The van der Waals surface area contributed by atoms with E-state index < -0.39 is 0 Å². The van der Waals surface area contributed by atoms with Crippen LogP contribution < -0.4 is 5.73 Å². The molecule has 3 fully saturated rings. The molecule has 1 heterocycles. The lowest BCUT2D eigenvalue weighted by Crippen LogP contribution is -2.42. The highest BCUT2D eigenvalue weighted by atomic mass is 16.2. The van der Waals surface area contributed by atoms with Gasteiger partial charge in [-0.3, -0.25) is 4.79 Å². The van der Waals surface area contributed by atoms with Crippen LogP contribution in [0.5, 0.6) is 0 Å². The highest BCUT2D eigenvalue weighted by molar-refractivity contribution is 5.79. The van der Waals surface area contributed by atoms with E-state index in [1.807, 2.05) is 0 Å². The van der Waals surface area contributed by atoms with E-state index in [-0.39, 0.29) is 12.0 Å². The van der Waals surface area contributed by atoms with Gasteiger partial charge in [-0.2, -0.15) is 0 Å². The zero-order valence-corrected chi connectivity index (χ0v) is 11.3. The minimum absolute atomic E-state index is 0.238. The minimum Gasteiger partial charge on any atom is -0.339 e. The van der Waals surface area contributed by atoms with Crippen molar-refractivity contribution in [1.29, 1.82) is 0 Å². The van der Waals surface area contributed by atoms with Gasteiger partial charge in [0, 0.05) is 24.5 Å². The van der Waals surface area contributed by atoms with Crippen LogP contribution in [0, 0.1) is 11.8 Å². The molecule has 1 amide bonds. The Balaban J connectivity index is 1.64. The van der Waals surface area contributed by atoms with Crippen LogP contribution in [0.15, 0.2) is 0 Å². The largest absolute Gasteiger partial charge is 0.339 e. The number of hydrogen-bond donors (Lipinski definition) is 1. The normalized spacial score (nSPS) is 37.6. The molecule has 1 aliphatic heterocycles. The summed E-state index contributed by atoms with van der Waals surface area (Å²) in [5.74, 6) is 1.46. The van der Waals surface area contributed by atoms with E-state index in [1.165, 1.54) is 38.5 Å². The van der Waals surface area contributed by atoms with E-state index in [1.54, 1.807) is 0 Å². The molecule has 0 aromatic heterocycles. The van der Waals surface area contributed by atoms with Crippen molar-refractivity contribution in [1.82, 2.24) is 4.90 Å². The molecule has 3 heteroatoms. The van der Waals surface area contributed by atoms with Gasteiger partial charge in [0.15, 0.2) is 0 Å². The van der Waals surface area contributed by atoms with Crippen molar-refractivity contribution in [2.45, 2.75) is 69.9 Å². The molecule has 102 valence electrons. The Hall–Kier alpha value is -0.570. The van der Waals surface area contributed by atoms with Crippen LogP contribution in [-0.2, 0) is 4.79 Å². The Labute approximate surface area is 110 Å². The van der Waals surface area contributed by atoms with Crippen molar-refractivity contribution >= 4 is 5.91 Å². The van der Waals surface area contributed by atoms with Gasteiger partial charge in [0.25, 0.3) is 0 Å². The average Bonchev–Trinajstić information content (AvgIpc) is 3.08. The summed E-state index contributed by atoms with van der Waals surface area (Å²) >= 11 is 0. The van der Waals surface area contributed by atoms with E-state index in [0.29, 0.717) is 11.9 Å². The lowest BCUT2D eigenvalue weighted by atomic mass is 9.95. The van der Waals surface area contributed by atoms with E-state index in [4.69, 9.17) is 5.73 Å². The van der Waals surface area contributed by atoms with Gasteiger partial charge in [-0.1, -0.05) is 12.8 Å². The number of rotatable bonds is 2. The number of carbonyl (C=O) groups is 1. The Kier molecular flexibility index (Phi) is 3.60. The minimum atomic E-state index is 0.238. The zero-order valence-electron chi connectivity index (χ0n) is 11.3. The second-order valence-electron chi connectivity index (χ2n) is 6.56. The summed E-state index contributed by atoms with van der Waals surface area (Å²) in [6.45, 7) is 1.01. The quantitative estimate of drug-likeness (QED) is 0.817. The van der Waals surface area contributed by atoms with Crippen molar-refractivity contribution in [3.8, 4) is 0 Å². The molecule has 0 bridgehead atoms. The van der Waals surface area contributed by atoms with Gasteiger partial charge in [-0.15, -0.1) is 0 Å². The number of nitrogens with two attached hydrogens (primary N) is 1. The maximum atomic E-state index is 12.6. The van der Waals surface area contributed by atoms with E-state index in [9.17, 15) is 4.79 Å². The van der Waals surface area contributed by atoms with Gasteiger partial charge in [0.1, 0.15) is 0 Å². The predicted octanol–water partition coefficient (Wildman–Crippen LogP) is 2.29. The molecule has 3 rings (SSSR count). The second-order valence-corrected chi connectivity index (χ2v) is 6.56. The maximum absolute atomic E-state index is 12.6. The smallest absolute Gasteiger partial charge is 0.225 e. The highest BCUT2D eigenvalue weighted by Gasteiger charge is 2.39. The first-order valence-electron chi connectivity index (χ1n) is 7.82. The molecule has 2 aliphatic carbocycles. The molecule has 0 spiro atoms. The standard InChI is InChI=1S/C15H26N2O/c16-13-8-7-12(10-13)15(18)17-9-3-6-14(17)11-4-1-2-5-11/h11-14H,1-10,16H2/t12-,13+,14+/m0/s1. The number of carbonyl (C=O) groups excluding carboxylic acids is 1. The van der Waals surface area contributed by atoms with Gasteiger partial charge in [0.05, 0.1) is 0 Å². The lowest BCUT2D eigenvalue weighted by molar-refractivity contribution is -0.137. The molecule has 0 aromatic carbocycles. The molecule has 0 aromatic rings. The third kappa shape index (κ3) is 2.29. The molecular formula is C15H26N2O. The first-order valence-corrected chi connectivity index (χ1v) is 7.82. The van der Waals surface area contributed by atoms with Crippen molar-refractivity contribution in [2.24, 2.45) is 17.6 Å². The van der Waals surface area contributed by atoms with E-state index in [2.05, 4.69) is 4.90 Å². The van der Waals surface area contributed by atoms with Gasteiger partial charge in [-0.25, -0.2) is 0 Å². The topological polar surface area (TPSA) is 46.3 Å². The van der Waals surface area contributed by atoms with Crippen molar-refractivity contribution in [2.75, 3.05) is 6.54 Å². The monoisotopic (exact) mass is 250 g/mol. The van der Waals surface area contributed by atoms with Gasteiger partial charge in [0.2, 0.25) is 5.91 Å². The molecule has 0 radical (unpaired) electrons. The highest BCUT2D eigenvalue weighted by Crippen LogP contribution is 2.37. The predicted molar refractivity (Wildman–Crippen MR) is 72.0 cm³/mol. The van der Waals surface area contributed by atoms with Crippen LogP contribution in [0.4, 0.5) is 0 Å². The molecule has 3 atom stereocenters. The summed E-state index contributed by atoms with van der Waals surface area (Å²) in [5.41, 5.74) is 5.95. The van der Waals surface area contributed by atoms with Gasteiger partial charge >= 0.3 is 0 Å². The first-order chi connectivity index (χ1) is 8.75. The third-order valence-electron chi connectivity index (χ3n) is 5.35. The second kappa shape index (κ2) is 5.20. The third-order valence-corrected chi connectivity index (χ3v) is 5.35. The fraction of sp³-hybridized carbons (Fsp3) is 0.933. The van der Waals surface area contributed by atoms with Crippen molar-refractivity contribution in [3.63, 3.8) is 0 Å². The molecule has 0 unspecified atom stereocenters. The van der Waals surface area contributed by atoms with Crippen LogP contribution in [0.3, 0.4) is 0 Å². The maximum Gasteiger partial charge on any atom is 0.225 e. The van der Waals surface area contributed by atoms with Crippen LogP contribution in [0.25, 0.3) is 0 Å². The zero-order chi connectivity index (χ0) is 12.5. The summed E-state index contributed by atoms with van der Waals surface area (Å²) in [7, 11) is 0. The molecular weight excluding hydrogens is 224 g/mol. The fourth-order valence-electron chi connectivity index (χ4n) is 4.37. The number of hydrogen-bond acceptors (Lipinski definition) is 2. The van der Waals surface area contributed by atoms with Crippen molar-refractivity contribution < 1.29 is 4.79 Å². The first kappa shape index (κ1) is 12.5. The Morgan fingerprint density at radius 3 is 2.44 bits per heavy atom. The summed E-state index contributed by atoms with van der Waals surface area (Å²) in [6.07, 6.45) is 10.9. The summed E-state index contributed by atoms with van der Waals surface area (Å²) in [5, 5.41) is 0. The summed E-state index contributed by atoms with van der Waals surface area (Å²) < 4.78 is 0. The molecule has 3 aliphatic rings. The SMILES string of the molecule is N[C@@H]1CC[C@H](C(=O)N2CCC[C@@H]2C2CCCC2)C1. The number of amides is 1. The number of likely N-dealkylation sites (tertiary alicyclic amines) is 1. The van der Waals surface area contributed by atoms with Crippen molar-refractivity contribution in [3.05, 3.63) is 0 Å². The molecule has 18 heavy (non-hydrogen) atoms. The van der Waals surface area contributed by atoms with E-state index >= 15 is 0 Å². The summed E-state index contributed by atoms with van der Waals surface area (Å²) in [6, 6.07) is 0.836. The fourth-order valence-corrected chi connectivity index (χ4v) is 4.37. The number of nitrogens with zero attached hydrogens (tertiary/aromatic N) is 1. The lowest BCUT2D eigenvalue weighted by Gasteiger charge is -2.31. The van der Waals surface area contributed by atoms with Crippen LogP contribution >= 0.6 is 0 Å². The summed E-state index contributed by atoms with van der Waals surface area (Å²) in [4.78, 5) is 14.9. The van der Waals surface area contributed by atoms with Gasteiger partial charge in [-0.05, 0) is 50.9 Å². The van der Waals surface area contributed by atoms with Crippen LogP contribution in [0.2, 0.25) is 0 Å². The Morgan fingerprint density at radius 1 is 1.00 bits per heavy atom. The van der Waals surface area contributed by atoms with Crippen LogP contribution in [-0.4, -0.2) is 29.4 Å². The average molecular weight is 250 g/mol.